The summed E-state index contributed by atoms with van der Waals surface area (Å²) in [4.78, 5) is 23.8. The van der Waals surface area contributed by atoms with Crippen LogP contribution in [-0.4, -0.2) is 30.3 Å². The summed E-state index contributed by atoms with van der Waals surface area (Å²) in [6.07, 6.45) is -1.03. The molecule has 3 aromatic carbocycles. The first kappa shape index (κ1) is 21.5. The fourth-order valence-electron chi connectivity index (χ4n) is 4.07. The number of hydrogen-bond donors (Lipinski definition) is 2. The molecule has 1 aliphatic rings. The summed E-state index contributed by atoms with van der Waals surface area (Å²) in [5.74, 6) is -4.61. The van der Waals surface area contributed by atoms with Gasteiger partial charge in [0.2, 0.25) is 0 Å². The second-order valence-corrected chi connectivity index (χ2v) is 7.66. The largest absolute Gasteiger partial charge is 0.481 e. The lowest BCUT2D eigenvalue weighted by Crippen LogP contribution is -2.35. The van der Waals surface area contributed by atoms with Gasteiger partial charge in [0.15, 0.2) is 11.6 Å². The number of ether oxygens (including phenoxy) is 1. The molecule has 7 heteroatoms. The number of halogens is 2. The lowest BCUT2D eigenvalue weighted by molar-refractivity contribution is -0.141. The van der Waals surface area contributed by atoms with Gasteiger partial charge in [-0.05, 0) is 40.3 Å². The van der Waals surface area contributed by atoms with Gasteiger partial charge in [0, 0.05) is 12.5 Å². The second-order valence-electron chi connectivity index (χ2n) is 7.66. The van der Waals surface area contributed by atoms with E-state index in [9.17, 15) is 23.5 Å². The first-order chi connectivity index (χ1) is 15.5. The summed E-state index contributed by atoms with van der Waals surface area (Å²) < 4.78 is 32.7. The smallest absolute Gasteiger partial charge is 0.407 e. The fraction of sp³-hybridized carbons (Fsp3) is 0.200. The average Bonchev–Trinajstić information content (AvgIpc) is 3.11. The van der Waals surface area contributed by atoms with Crippen molar-refractivity contribution in [3.8, 4) is 11.1 Å². The molecule has 2 N–H and O–H groups in total. The van der Waals surface area contributed by atoms with Crippen LogP contribution in [0, 0.1) is 17.6 Å². The number of benzene rings is 3. The highest BCUT2D eigenvalue weighted by Crippen LogP contribution is 2.44. The van der Waals surface area contributed by atoms with Crippen LogP contribution in [0.4, 0.5) is 13.6 Å². The van der Waals surface area contributed by atoms with Crippen molar-refractivity contribution in [1.82, 2.24) is 5.32 Å². The first-order valence-corrected chi connectivity index (χ1v) is 10.2. The van der Waals surface area contributed by atoms with Crippen LogP contribution >= 0.6 is 0 Å². The SMILES string of the molecule is O=C(NCC(Cc1cccc(F)c1F)C(=O)O)OCC1c2ccccc2-c2ccccc21. The van der Waals surface area contributed by atoms with Crippen LogP contribution in [-0.2, 0) is 16.0 Å². The van der Waals surface area contributed by atoms with Gasteiger partial charge in [0.25, 0.3) is 0 Å². The van der Waals surface area contributed by atoms with Gasteiger partial charge in [-0.3, -0.25) is 4.79 Å². The number of aliphatic carboxylic acids is 1. The minimum atomic E-state index is -1.23. The van der Waals surface area contributed by atoms with Crippen LogP contribution < -0.4 is 5.32 Å². The molecular weight excluding hydrogens is 416 g/mol. The Bertz CT molecular complexity index is 1120. The van der Waals surface area contributed by atoms with Crippen molar-refractivity contribution < 1.29 is 28.2 Å². The number of rotatable bonds is 7. The van der Waals surface area contributed by atoms with Crippen molar-refractivity contribution in [3.63, 3.8) is 0 Å². The number of fused-ring (bicyclic) bond motifs is 3. The zero-order valence-electron chi connectivity index (χ0n) is 17.1. The highest BCUT2D eigenvalue weighted by molar-refractivity contribution is 5.79. The number of carbonyl (C=O) groups excluding carboxylic acids is 1. The Morgan fingerprint density at radius 1 is 0.938 bits per heavy atom. The number of alkyl carbamates (subject to hydrolysis) is 1. The van der Waals surface area contributed by atoms with Gasteiger partial charge >= 0.3 is 12.1 Å². The van der Waals surface area contributed by atoms with Gasteiger partial charge in [-0.1, -0.05) is 60.7 Å². The summed E-state index contributed by atoms with van der Waals surface area (Å²) in [6, 6.07) is 19.4. The van der Waals surface area contributed by atoms with E-state index in [0.29, 0.717) is 0 Å². The molecule has 4 rings (SSSR count). The van der Waals surface area contributed by atoms with E-state index >= 15 is 0 Å². The molecule has 0 radical (unpaired) electrons. The molecule has 0 saturated carbocycles. The molecule has 1 aliphatic carbocycles. The number of carbonyl (C=O) groups is 2. The van der Waals surface area contributed by atoms with Crippen LogP contribution in [0.1, 0.15) is 22.6 Å². The third-order valence-corrected chi connectivity index (χ3v) is 5.68. The van der Waals surface area contributed by atoms with Crippen molar-refractivity contribution in [2.75, 3.05) is 13.2 Å². The molecule has 5 nitrogen and oxygen atoms in total. The molecule has 0 spiro atoms. The van der Waals surface area contributed by atoms with Crippen molar-refractivity contribution in [2.45, 2.75) is 12.3 Å². The number of nitrogens with one attached hydrogen (secondary N) is 1. The maximum Gasteiger partial charge on any atom is 0.407 e. The van der Waals surface area contributed by atoms with Crippen molar-refractivity contribution in [1.29, 1.82) is 0 Å². The maximum absolute atomic E-state index is 13.9. The molecule has 1 amide bonds. The van der Waals surface area contributed by atoms with E-state index in [4.69, 9.17) is 4.74 Å². The van der Waals surface area contributed by atoms with Crippen LogP contribution in [0.25, 0.3) is 11.1 Å². The third kappa shape index (κ3) is 4.32. The summed E-state index contributed by atoms with van der Waals surface area (Å²) in [7, 11) is 0. The lowest BCUT2D eigenvalue weighted by Gasteiger charge is -2.16. The Labute approximate surface area is 183 Å². The molecular formula is C25H21F2NO4. The molecule has 1 unspecified atom stereocenters. The molecule has 164 valence electrons. The Kier molecular flexibility index (Phi) is 6.16. The van der Waals surface area contributed by atoms with Crippen LogP contribution in [0.5, 0.6) is 0 Å². The van der Waals surface area contributed by atoms with Crippen molar-refractivity contribution >= 4 is 12.1 Å². The molecule has 0 heterocycles. The van der Waals surface area contributed by atoms with Gasteiger partial charge in [-0.15, -0.1) is 0 Å². The zero-order chi connectivity index (χ0) is 22.7. The Morgan fingerprint density at radius 3 is 2.19 bits per heavy atom. The lowest BCUT2D eigenvalue weighted by atomic mass is 9.98. The molecule has 0 fully saturated rings. The van der Waals surface area contributed by atoms with E-state index in [0.717, 1.165) is 28.3 Å². The van der Waals surface area contributed by atoms with E-state index < -0.39 is 29.6 Å². The van der Waals surface area contributed by atoms with Crippen LogP contribution in [0.3, 0.4) is 0 Å². The highest BCUT2D eigenvalue weighted by atomic mass is 19.2. The summed E-state index contributed by atoms with van der Waals surface area (Å²) in [6.45, 7) is -0.182. The maximum atomic E-state index is 13.9. The number of amides is 1. The van der Waals surface area contributed by atoms with Crippen molar-refractivity contribution in [3.05, 3.63) is 95.1 Å². The number of carboxylic acid groups (broad SMARTS) is 1. The minimum Gasteiger partial charge on any atom is -0.481 e. The van der Waals surface area contributed by atoms with Crippen LogP contribution in [0.2, 0.25) is 0 Å². The molecule has 0 bridgehead atoms. The Hall–Kier alpha value is -3.74. The third-order valence-electron chi connectivity index (χ3n) is 5.68. The Morgan fingerprint density at radius 2 is 1.56 bits per heavy atom. The molecule has 0 aliphatic heterocycles. The number of carboxylic acids is 1. The molecule has 32 heavy (non-hydrogen) atoms. The first-order valence-electron chi connectivity index (χ1n) is 10.2. The monoisotopic (exact) mass is 437 g/mol. The van der Waals surface area contributed by atoms with Gasteiger partial charge in [0.05, 0.1) is 5.92 Å². The van der Waals surface area contributed by atoms with Crippen LogP contribution in [0.15, 0.2) is 66.7 Å². The van der Waals surface area contributed by atoms with Gasteiger partial charge in [-0.25, -0.2) is 13.6 Å². The predicted octanol–water partition coefficient (Wildman–Crippen LogP) is 4.75. The van der Waals surface area contributed by atoms with E-state index in [1.165, 1.54) is 12.1 Å². The predicted molar refractivity (Wildman–Crippen MR) is 114 cm³/mol. The van der Waals surface area contributed by atoms with Gasteiger partial charge in [-0.2, -0.15) is 0 Å². The van der Waals surface area contributed by atoms with Gasteiger partial charge < -0.3 is 15.2 Å². The molecule has 3 aromatic rings. The molecule has 0 aromatic heterocycles. The molecule has 1 atom stereocenters. The van der Waals surface area contributed by atoms with E-state index in [1.54, 1.807) is 0 Å². The topological polar surface area (TPSA) is 75.6 Å². The Balaban J connectivity index is 1.38. The highest BCUT2D eigenvalue weighted by Gasteiger charge is 2.29. The van der Waals surface area contributed by atoms with E-state index in [2.05, 4.69) is 5.32 Å². The summed E-state index contributed by atoms with van der Waals surface area (Å²) >= 11 is 0. The number of hydrogen-bond acceptors (Lipinski definition) is 3. The molecule has 0 saturated heterocycles. The normalized spacial score (nSPS) is 13.2. The zero-order valence-corrected chi connectivity index (χ0v) is 17.1. The average molecular weight is 437 g/mol. The second kappa shape index (κ2) is 9.18. The van der Waals surface area contributed by atoms with Crippen molar-refractivity contribution in [2.24, 2.45) is 5.92 Å². The van der Waals surface area contributed by atoms with E-state index in [1.807, 2.05) is 48.5 Å². The quantitative estimate of drug-likeness (QED) is 0.560. The summed E-state index contributed by atoms with van der Waals surface area (Å²) in [5.41, 5.74) is 4.25. The van der Waals surface area contributed by atoms with E-state index in [-0.39, 0.29) is 31.1 Å². The minimum absolute atomic E-state index is 0.0632. The van der Waals surface area contributed by atoms with Gasteiger partial charge in [0.1, 0.15) is 6.61 Å². The standard InChI is InChI=1S/C25H21F2NO4/c26-22-11-5-6-15(23(22)27)12-16(24(29)30)13-28-25(31)32-14-21-19-9-3-1-7-17(19)18-8-2-4-10-20(18)21/h1-11,16,21H,12-14H2,(H,28,31)(H,29,30). The summed E-state index contributed by atoms with van der Waals surface area (Å²) in [5, 5.41) is 11.9. The fourth-order valence-corrected chi connectivity index (χ4v) is 4.07.